The Kier molecular flexibility index (Phi) is 6.36. The van der Waals surface area contributed by atoms with E-state index in [1.807, 2.05) is 19.1 Å². The van der Waals surface area contributed by atoms with Gasteiger partial charge < -0.3 is 4.74 Å². The highest BCUT2D eigenvalue weighted by Crippen LogP contribution is 2.32. The van der Waals surface area contributed by atoms with Crippen LogP contribution < -0.4 is 0 Å². The molecule has 0 amide bonds. The van der Waals surface area contributed by atoms with Gasteiger partial charge in [0.15, 0.2) is 0 Å². The van der Waals surface area contributed by atoms with Gasteiger partial charge in [-0.1, -0.05) is 50.1 Å². The number of benzene rings is 1. The van der Waals surface area contributed by atoms with Crippen LogP contribution in [-0.2, 0) is 4.74 Å². The van der Waals surface area contributed by atoms with Crippen molar-refractivity contribution in [1.82, 2.24) is 0 Å². The molecule has 126 valence electrons. The van der Waals surface area contributed by atoms with Crippen molar-refractivity contribution in [3.05, 3.63) is 90.0 Å². The Morgan fingerprint density at radius 3 is 2.67 bits per heavy atom. The lowest BCUT2D eigenvalue weighted by Crippen LogP contribution is -2.08. The van der Waals surface area contributed by atoms with Gasteiger partial charge in [0.1, 0.15) is 11.6 Å². The molecule has 1 heterocycles. The van der Waals surface area contributed by atoms with Crippen molar-refractivity contribution in [2.24, 2.45) is 0 Å². The maximum Gasteiger partial charge on any atom is 0.130 e. The fraction of sp³-hybridized carbons (Fsp3) is 0.273. The molecule has 1 saturated heterocycles. The molecule has 1 aromatic rings. The van der Waals surface area contributed by atoms with Gasteiger partial charge in [-0.25, -0.2) is 4.39 Å². The minimum atomic E-state index is -0.228. The number of ether oxygens (including phenoxy) is 1. The van der Waals surface area contributed by atoms with Gasteiger partial charge in [-0.15, -0.1) is 0 Å². The molecule has 1 aliphatic rings. The third-order valence-corrected chi connectivity index (χ3v) is 4.21. The summed E-state index contributed by atoms with van der Waals surface area (Å²) in [7, 11) is 0. The average Bonchev–Trinajstić information content (AvgIpc) is 2.58. The van der Waals surface area contributed by atoms with Gasteiger partial charge in [0.05, 0.1) is 6.61 Å². The largest absolute Gasteiger partial charge is 0.494 e. The summed E-state index contributed by atoms with van der Waals surface area (Å²) in [6.07, 6.45) is 7.39. The van der Waals surface area contributed by atoms with Gasteiger partial charge in [-0.3, -0.25) is 0 Å². The molecular formula is C22H25FO. The number of hydrogen-bond acceptors (Lipinski definition) is 1. The summed E-state index contributed by atoms with van der Waals surface area (Å²) in [6.45, 7) is 15.0. The molecular weight excluding hydrogens is 299 g/mol. The van der Waals surface area contributed by atoms with E-state index in [0.717, 1.165) is 53.9 Å². The van der Waals surface area contributed by atoms with Crippen molar-refractivity contribution in [2.45, 2.75) is 32.6 Å². The molecule has 0 aliphatic carbocycles. The topological polar surface area (TPSA) is 9.23 Å². The van der Waals surface area contributed by atoms with Gasteiger partial charge in [-0.05, 0) is 55.4 Å². The van der Waals surface area contributed by atoms with Crippen molar-refractivity contribution in [3.8, 4) is 0 Å². The molecule has 0 unspecified atom stereocenters. The van der Waals surface area contributed by atoms with Crippen LogP contribution in [-0.4, -0.2) is 6.61 Å². The van der Waals surface area contributed by atoms with Crippen LogP contribution in [0.4, 0.5) is 4.39 Å². The highest BCUT2D eigenvalue weighted by molar-refractivity contribution is 5.64. The van der Waals surface area contributed by atoms with E-state index in [1.54, 1.807) is 12.1 Å². The number of halogens is 1. The Balaban J connectivity index is 2.12. The van der Waals surface area contributed by atoms with Crippen molar-refractivity contribution in [1.29, 1.82) is 0 Å². The van der Waals surface area contributed by atoms with Crippen LogP contribution in [0.25, 0.3) is 5.57 Å². The minimum Gasteiger partial charge on any atom is -0.494 e. The zero-order valence-corrected chi connectivity index (χ0v) is 14.4. The lowest BCUT2D eigenvalue weighted by atomic mass is 9.90. The summed E-state index contributed by atoms with van der Waals surface area (Å²) in [6, 6.07) is 6.75. The predicted octanol–water partition coefficient (Wildman–Crippen LogP) is 6.37. The van der Waals surface area contributed by atoms with Crippen LogP contribution in [0.5, 0.6) is 0 Å². The molecule has 0 spiro atoms. The molecule has 0 aromatic heterocycles. The lowest BCUT2D eigenvalue weighted by Gasteiger charge is -2.22. The van der Waals surface area contributed by atoms with Gasteiger partial charge in [0.2, 0.25) is 0 Å². The van der Waals surface area contributed by atoms with Crippen LogP contribution in [0.1, 0.15) is 38.2 Å². The Hall–Kier alpha value is -2.35. The second kappa shape index (κ2) is 8.49. The Morgan fingerprint density at radius 2 is 2.00 bits per heavy atom. The molecule has 2 heteroatoms. The van der Waals surface area contributed by atoms with Crippen molar-refractivity contribution < 1.29 is 9.13 Å². The van der Waals surface area contributed by atoms with Crippen LogP contribution in [0.15, 0.2) is 78.6 Å². The third kappa shape index (κ3) is 4.35. The van der Waals surface area contributed by atoms with Crippen LogP contribution >= 0.6 is 0 Å². The van der Waals surface area contributed by atoms with Gasteiger partial charge in [0, 0.05) is 11.1 Å². The first-order valence-electron chi connectivity index (χ1n) is 8.33. The number of allylic oxidation sites excluding steroid dienone is 6. The van der Waals surface area contributed by atoms with E-state index in [9.17, 15) is 4.39 Å². The zero-order chi connectivity index (χ0) is 17.5. The maximum atomic E-state index is 13.9. The molecule has 0 atom stereocenters. The molecule has 1 nitrogen and oxygen atoms in total. The summed E-state index contributed by atoms with van der Waals surface area (Å²) >= 11 is 0. The van der Waals surface area contributed by atoms with E-state index in [1.165, 1.54) is 6.07 Å². The molecule has 24 heavy (non-hydrogen) atoms. The molecule has 1 aromatic carbocycles. The summed E-state index contributed by atoms with van der Waals surface area (Å²) in [5.41, 5.74) is 4.59. The third-order valence-electron chi connectivity index (χ3n) is 4.21. The fourth-order valence-corrected chi connectivity index (χ4v) is 2.87. The standard InChI is InChI=1S/C22H25FO/c1-5-9-19(21-11-8-15-24-18(21)4)16(2)13-14-17(3)20-10-6-7-12-22(20)23/h5-7,9-10,12H,2-4,8,11,13-15H2,1H3/b9-5-,21-19+. The van der Waals surface area contributed by atoms with E-state index in [2.05, 4.69) is 25.8 Å². The van der Waals surface area contributed by atoms with Crippen molar-refractivity contribution in [3.63, 3.8) is 0 Å². The normalized spacial score (nSPS) is 16.8. The second-order valence-electron chi connectivity index (χ2n) is 5.95. The number of hydrogen-bond donors (Lipinski definition) is 0. The van der Waals surface area contributed by atoms with Crippen LogP contribution in [0.3, 0.4) is 0 Å². The van der Waals surface area contributed by atoms with E-state index < -0.39 is 0 Å². The molecule has 0 radical (unpaired) electrons. The number of rotatable bonds is 6. The van der Waals surface area contributed by atoms with E-state index in [-0.39, 0.29) is 5.82 Å². The Bertz CT molecular complexity index is 706. The Labute approximate surface area is 144 Å². The molecule has 1 aliphatic heterocycles. The SMILES string of the molecule is C=C(CCC(=C)c1ccccc1F)C(/C=C\C)=C1\CCCOC1=C. The quantitative estimate of drug-likeness (QED) is 0.590. The minimum absolute atomic E-state index is 0.228. The zero-order valence-electron chi connectivity index (χ0n) is 14.4. The second-order valence-corrected chi connectivity index (χ2v) is 5.95. The molecule has 0 bridgehead atoms. The summed E-state index contributed by atoms with van der Waals surface area (Å²) < 4.78 is 19.4. The summed E-state index contributed by atoms with van der Waals surface area (Å²) in [5, 5.41) is 0. The highest BCUT2D eigenvalue weighted by atomic mass is 19.1. The summed E-state index contributed by atoms with van der Waals surface area (Å²) in [4.78, 5) is 0. The molecule has 2 rings (SSSR count). The highest BCUT2D eigenvalue weighted by Gasteiger charge is 2.16. The first kappa shape index (κ1) is 18.0. The average molecular weight is 324 g/mol. The monoisotopic (exact) mass is 324 g/mol. The van der Waals surface area contributed by atoms with Gasteiger partial charge in [0.25, 0.3) is 0 Å². The van der Waals surface area contributed by atoms with Gasteiger partial charge in [-0.2, -0.15) is 0 Å². The van der Waals surface area contributed by atoms with E-state index in [4.69, 9.17) is 4.74 Å². The van der Waals surface area contributed by atoms with Crippen LogP contribution in [0, 0.1) is 5.82 Å². The van der Waals surface area contributed by atoms with Crippen LogP contribution in [0.2, 0.25) is 0 Å². The molecule has 0 saturated carbocycles. The smallest absolute Gasteiger partial charge is 0.130 e. The Morgan fingerprint density at radius 1 is 1.25 bits per heavy atom. The molecule has 1 fully saturated rings. The molecule has 0 N–H and O–H groups in total. The van der Waals surface area contributed by atoms with E-state index >= 15 is 0 Å². The van der Waals surface area contributed by atoms with Crippen molar-refractivity contribution >= 4 is 5.57 Å². The first-order chi connectivity index (χ1) is 11.5. The lowest BCUT2D eigenvalue weighted by molar-refractivity contribution is 0.195. The maximum absolute atomic E-state index is 13.9. The fourth-order valence-electron chi connectivity index (χ4n) is 2.87. The predicted molar refractivity (Wildman–Crippen MR) is 100.0 cm³/mol. The summed E-state index contributed by atoms with van der Waals surface area (Å²) in [5.74, 6) is 0.512. The van der Waals surface area contributed by atoms with Crippen molar-refractivity contribution in [2.75, 3.05) is 6.61 Å². The first-order valence-corrected chi connectivity index (χ1v) is 8.33. The van der Waals surface area contributed by atoms with Gasteiger partial charge >= 0.3 is 0 Å². The van der Waals surface area contributed by atoms with E-state index in [0.29, 0.717) is 12.0 Å².